The predicted molar refractivity (Wildman–Crippen MR) is 111 cm³/mol. The fraction of sp³-hybridized carbons (Fsp3) is 0.273. The molecule has 1 saturated heterocycles. The lowest BCUT2D eigenvalue weighted by Crippen LogP contribution is -2.31. The average Bonchev–Trinajstić information content (AvgIpc) is 3.40. The lowest BCUT2D eigenvalue weighted by Gasteiger charge is -2.18. The molecular weight excluding hydrogens is 366 g/mol. The second kappa shape index (κ2) is 7.16. The van der Waals surface area contributed by atoms with Gasteiger partial charge >= 0.3 is 0 Å². The summed E-state index contributed by atoms with van der Waals surface area (Å²) in [6.07, 6.45) is 4.59. The molecule has 7 heteroatoms. The number of fused-ring (bicyclic) bond motifs is 2. The molecule has 1 aliphatic heterocycles. The van der Waals surface area contributed by atoms with Crippen molar-refractivity contribution in [1.82, 2.24) is 24.0 Å². The van der Waals surface area contributed by atoms with Crippen LogP contribution in [0.5, 0.6) is 0 Å². The topological polar surface area (TPSA) is 73.0 Å². The molecule has 1 aliphatic rings. The van der Waals surface area contributed by atoms with Gasteiger partial charge in [0.15, 0.2) is 0 Å². The third-order valence-corrected chi connectivity index (χ3v) is 5.69. The standard InChI is InChI=1S/C22H21N5O2/c28-21(10-12-26-14-23-18-6-2-1-5-17(18)22(26)29)25-11-9-16(13-25)27-15-24-19-7-3-4-8-20(19)27/h1-8,14-16H,9-13H2. The number of hydrogen-bond donors (Lipinski definition) is 0. The molecule has 1 fully saturated rings. The van der Waals surface area contributed by atoms with Gasteiger partial charge in [0.05, 0.1) is 40.6 Å². The van der Waals surface area contributed by atoms with Crippen molar-refractivity contribution in [3.05, 3.63) is 71.5 Å². The van der Waals surface area contributed by atoms with E-state index in [1.165, 1.54) is 10.9 Å². The first-order valence-electron chi connectivity index (χ1n) is 9.84. The van der Waals surface area contributed by atoms with Gasteiger partial charge in [0.1, 0.15) is 0 Å². The Morgan fingerprint density at radius 1 is 1.00 bits per heavy atom. The number of imidazole rings is 1. The lowest BCUT2D eigenvalue weighted by molar-refractivity contribution is -0.130. The van der Waals surface area contributed by atoms with Crippen LogP contribution in [0, 0.1) is 0 Å². The molecule has 5 rings (SSSR count). The zero-order chi connectivity index (χ0) is 19.8. The first-order valence-corrected chi connectivity index (χ1v) is 9.84. The SMILES string of the molecule is O=C(CCn1cnc2ccccc2c1=O)N1CCC(n2cnc3ccccc32)C1. The number of benzene rings is 2. The second-order valence-electron chi connectivity index (χ2n) is 7.43. The monoisotopic (exact) mass is 387 g/mol. The van der Waals surface area contributed by atoms with Crippen molar-refractivity contribution in [2.45, 2.75) is 25.4 Å². The van der Waals surface area contributed by atoms with Crippen LogP contribution in [0.25, 0.3) is 21.9 Å². The van der Waals surface area contributed by atoms with Crippen molar-refractivity contribution in [3.8, 4) is 0 Å². The number of amides is 1. The van der Waals surface area contributed by atoms with E-state index in [9.17, 15) is 9.59 Å². The van der Waals surface area contributed by atoms with E-state index in [2.05, 4.69) is 20.6 Å². The van der Waals surface area contributed by atoms with Crippen molar-refractivity contribution >= 4 is 27.8 Å². The summed E-state index contributed by atoms with van der Waals surface area (Å²) in [5.41, 5.74) is 2.64. The summed E-state index contributed by atoms with van der Waals surface area (Å²) in [7, 11) is 0. The Bertz CT molecular complexity index is 1260. The Morgan fingerprint density at radius 2 is 1.76 bits per heavy atom. The van der Waals surface area contributed by atoms with Crippen molar-refractivity contribution < 1.29 is 4.79 Å². The molecular formula is C22H21N5O2. The molecule has 0 radical (unpaired) electrons. The molecule has 0 spiro atoms. The summed E-state index contributed by atoms with van der Waals surface area (Å²) in [4.78, 5) is 36.0. The van der Waals surface area contributed by atoms with Crippen LogP contribution >= 0.6 is 0 Å². The number of likely N-dealkylation sites (tertiary alicyclic amines) is 1. The maximum Gasteiger partial charge on any atom is 0.261 e. The van der Waals surface area contributed by atoms with Crippen molar-refractivity contribution in [3.63, 3.8) is 0 Å². The van der Waals surface area contributed by atoms with E-state index in [-0.39, 0.29) is 23.9 Å². The normalized spacial score (nSPS) is 16.7. The van der Waals surface area contributed by atoms with Crippen LogP contribution in [0.4, 0.5) is 0 Å². The molecule has 146 valence electrons. The molecule has 4 aromatic rings. The Kier molecular flexibility index (Phi) is 4.35. The van der Waals surface area contributed by atoms with Gasteiger partial charge < -0.3 is 9.47 Å². The summed E-state index contributed by atoms with van der Waals surface area (Å²) in [6.45, 7) is 1.73. The molecule has 1 amide bonds. The number of aryl methyl sites for hydroxylation is 1. The van der Waals surface area contributed by atoms with E-state index in [1.54, 1.807) is 6.07 Å². The van der Waals surface area contributed by atoms with Gasteiger partial charge in [-0.2, -0.15) is 0 Å². The largest absolute Gasteiger partial charge is 0.340 e. The Labute approximate surface area is 167 Å². The third-order valence-electron chi connectivity index (χ3n) is 5.69. The number of carbonyl (C=O) groups excluding carboxylic acids is 1. The van der Waals surface area contributed by atoms with Crippen LogP contribution in [-0.2, 0) is 11.3 Å². The summed E-state index contributed by atoms with van der Waals surface area (Å²) in [6, 6.07) is 15.5. The zero-order valence-electron chi connectivity index (χ0n) is 15.9. The van der Waals surface area contributed by atoms with Crippen LogP contribution in [0.15, 0.2) is 66.0 Å². The van der Waals surface area contributed by atoms with Crippen molar-refractivity contribution in [2.75, 3.05) is 13.1 Å². The predicted octanol–water partition coefficient (Wildman–Crippen LogP) is 2.61. The first-order chi connectivity index (χ1) is 14.2. The Hall–Kier alpha value is -3.48. The molecule has 7 nitrogen and oxygen atoms in total. The number of rotatable bonds is 4. The summed E-state index contributed by atoms with van der Waals surface area (Å²) >= 11 is 0. The third kappa shape index (κ3) is 3.18. The molecule has 3 heterocycles. The minimum absolute atomic E-state index is 0.0666. The van der Waals surface area contributed by atoms with E-state index in [1.807, 2.05) is 47.6 Å². The highest BCUT2D eigenvalue weighted by molar-refractivity contribution is 5.78. The van der Waals surface area contributed by atoms with Gasteiger partial charge in [-0.3, -0.25) is 14.2 Å². The number of carbonyl (C=O) groups is 1. The highest BCUT2D eigenvalue weighted by Gasteiger charge is 2.28. The molecule has 0 N–H and O–H groups in total. The summed E-state index contributed by atoms with van der Waals surface area (Å²) in [5, 5.41) is 0.579. The second-order valence-corrected chi connectivity index (χ2v) is 7.43. The van der Waals surface area contributed by atoms with Gasteiger partial charge in [-0.05, 0) is 30.7 Å². The van der Waals surface area contributed by atoms with Gasteiger partial charge in [0.2, 0.25) is 5.91 Å². The summed E-state index contributed by atoms with van der Waals surface area (Å²) in [5.74, 6) is 0.0666. The minimum atomic E-state index is -0.104. The molecule has 29 heavy (non-hydrogen) atoms. The van der Waals surface area contributed by atoms with Crippen LogP contribution in [0.1, 0.15) is 18.9 Å². The molecule has 2 aromatic carbocycles. The molecule has 0 saturated carbocycles. The molecule has 1 unspecified atom stereocenters. The molecule has 1 atom stereocenters. The van der Waals surface area contributed by atoms with Gasteiger partial charge in [-0.1, -0.05) is 24.3 Å². The van der Waals surface area contributed by atoms with E-state index >= 15 is 0 Å². The molecule has 0 bridgehead atoms. The van der Waals surface area contributed by atoms with Crippen molar-refractivity contribution in [2.24, 2.45) is 0 Å². The summed E-state index contributed by atoms with van der Waals surface area (Å²) < 4.78 is 3.69. The van der Waals surface area contributed by atoms with Gasteiger partial charge in [0.25, 0.3) is 5.56 Å². The van der Waals surface area contributed by atoms with Crippen molar-refractivity contribution in [1.29, 1.82) is 0 Å². The number of aromatic nitrogens is 4. The number of para-hydroxylation sites is 3. The van der Waals surface area contributed by atoms with Crippen LogP contribution in [-0.4, -0.2) is 43.0 Å². The Morgan fingerprint density at radius 3 is 2.66 bits per heavy atom. The number of hydrogen-bond acceptors (Lipinski definition) is 4. The number of nitrogens with zero attached hydrogens (tertiary/aromatic N) is 5. The molecule has 2 aromatic heterocycles. The van der Waals surface area contributed by atoms with Gasteiger partial charge in [-0.25, -0.2) is 9.97 Å². The van der Waals surface area contributed by atoms with E-state index in [0.29, 0.717) is 24.0 Å². The van der Waals surface area contributed by atoms with E-state index < -0.39 is 0 Å². The minimum Gasteiger partial charge on any atom is -0.340 e. The highest BCUT2D eigenvalue weighted by atomic mass is 16.2. The quantitative estimate of drug-likeness (QED) is 0.540. The fourth-order valence-electron chi connectivity index (χ4n) is 4.10. The lowest BCUT2D eigenvalue weighted by atomic mass is 10.2. The van der Waals surface area contributed by atoms with Crippen LogP contribution in [0.3, 0.4) is 0 Å². The average molecular weight is 387 g/mol. The Balaban J connectivity index is 1.26. The van der Waals surface area contributed by atoms with E-state index in [4.69, 9.17) is 0 Å². The fourth-order valence-corrected chi connectivity index (χ4v) is 4.10. The smallest absolute Gasteiger partial charge is 0.261 e. The maximum atomic E-state index is 12.7. The van der Waals surface area contributed by atoms with Crippen LogP contribution in [0.2, 0.25) is 0 Å². The van der Waals surface area contributed by atoms with E-state index in [0.717, 1.165) is 24.0 Å². The highest BCUT2D eigenvalue weighted by Crippen LogP contribution is 2.26. The molecule has 0 aliphatic carbocycles. The maximum absolute atomic E-state index is 12.7. The zero-order valence-corrected chi connectivity index (χ0v) is 15.9. The first kappa shape index (κ1) is 17.6. The van der Waals surface area contributed by atoms with Crippen LogP contribution < -0.4 is 5.56 Å². The van der Waals surface area contributed by atoms with Gasteiger partial charge in [-0.15, -0.1) is 0 Å². The van der Waals surface area contributed by atoms with Gasteiger partial charge in [0, 0.05) is 26.1 Å².